The molecular formula is C14H19N3O2. The first-order valence-electron chi connectivity index (χ1n) is 6.33. The average molecular weight is 261 g/mol. The Hall–Kier alpha value is -1.88. The number of hydrogen-bond acceptors (Lipinski definition) is 4. The highest BCUT2D eigenvalue weighted by atomic mass is 16.2. The quantitative estimate of drug-likeness (QED) is 0.615. The van der Waals surface area contributed by atoms with Crippen molar-refractivity contribution < 1.29 is 9.59 Å². The van der Waals surface area contributed by atoms with E-state index in [0.29, 0.717) is 6.54 Å². The van der Waals surface area contributed by atoms with Crippen molar-refractivity contribution in [2.75, 3.05) is 18.8 Å². The number of nitrogens with one attached hydrogen (secondary N) is 1. The number of amides is 2. The maximum atomic E-state index is 11.8. The van der Waals surface area contributed by atoms with Crippen molar-refractivity contribution in [2.45, 2.75) is 25.8 Å². The van der Waals surface area contributed by atoms with Gasteiger partial charge in [0.05, 0.1) is 12.1 Å². The zero-order valence-electron chi connectivity index (χ0n) is 11.3. The Morgan fingerprint density at radius 2 is 1.89 bits per heavy atom. The summed E-state index contributed by atoms with van der Waals surface area (Å²) >= 11 is 0. The lowest BCUT2D eigenvalue weighted by atomic mass is 9.98. The second-order valence-electron chi connectivity index (χ2n) is 5.35. The van der Waals surface area contributed by atoms with E-state index in [4.69, 9.17) is 5.73 Å². The molecule has 1 aromatic carbocycles. The summed E-state index contributed by atoms with van der Waals surface area (Å²) in [6, 6.07) is 7.64. The number of anilines is 1. The maximum Gasteiger partial charge on any atom is 0.246 e. The fourth-order valence-corrected chi connectivity index (χ4v) is 2.14. The summed E-state index contributed by atoms with van der Waals surface area (Å²) in [5, 5.41) is 2.37. The fourth-order valence-electron chi connectivity index (χ4n) is 2.14. The predicted molar refractivity (Wildman–Crippen MR) is 73.4 cm³/mol. The zero-order chi connectivity index (χ0) is 14.0. The molecular weight excluding hydrogens is 242 g/mol. The number of carbonyl (C=O) groups is 2. The van der Waals surface area contributed by atoms with Crippen LogP contribution in [0, 0.1) is 0 Å². The van der Waals surface area contributed by atoms with E-state index < -0.39 is 5.54 Å². The molecule has 1 aliphatic rings. The van der Waals surface area contributed by atoms with Gasteiger partial charge in [-0.1, -0.05) is 12.1 Å². The molecule has 0 spiro atoms. The van der Waals surface area contributed by atoms with Crippen LogP contribution in [0.25, 0.3) is 0 Å². The monoisotopic (exact) mass is 261 g/mol. The van der Waals surface area contributed by atoms with Crippen LogP contribution in [0.4, 0.5) is 5.69 Å². The van der Waals surface area contributed by atoms with E-state index in [0.717, 1.165) is 17.7 Å². The standard InChI is InChI=1S/C14H19N3O2/c1-14(2)13(19)16-12(18)9-17(14)8-7-10-3-5-11(15)6-4-10/h3-6H,7-9,15H2,1-2H3,(H,16,18,19). The first kappa shape index (κ1) is 13.5. The summed E-state index contributed by atoms with van der Waals surface area (Å²) < 4.78 is 0. The number of benzene rings is 1. The molecule has 2 amide bonds. The van der Waals surface area contributed by atoms with Crippen LogP contribution in [-0.2, 0) is 16.0 Å². The lowest BCUT2D eigenvalue weighted by Crippen LogP contribution is -2.64. The summed E-state index contributed by atoms with van der Waals surface area (Å²) in [4.78, 5) is 25.1. The van der Waals surface area contributed by atoms with Crippen molar-refractivity contribution >= 4 is 17.5 Å². The average Bonchev–Trinajstić information content (AvgIpc) is 2.34. The summed E-state index contributed by atoms with van der Waals surface area (Å²) in [6.07, 6.45) is 0.782. The van der Waals surface area contributed by atoms with Crippen LogP contribution >= 0.6 is 0 Å². The van der Waals surface area contributed by atoms with Gasteiger partial charge in [-0.2, -0.15) is 0 Å². The molecule has 5 nitrogen and oxygen atoms in total. The number of nitrogen functional groups attached to an aromatic ring is 1. The molecule has 1 aliphatic heterocycles. The fraction of sp³-hybridized carbons (Fsp3) is 0.429. The van der Waals surface area contributed by atoms with Crippen LogP contribution in [0.5, 0.6) is 0 Å². The summed E-state index contributed by atoms with van der Waals surface area (Å²) in [5.41, 5.74) is 6.86. The van der Waals surface area contributed by atoms with Crippen LogP contribution in [0.3, 0.4) is 0 Å². The molecule has 1 saturated heterocycles. The van der Waals surface area contributed by atoms with Gasteiger partial charge in [0.2, 0.25) is 11.8 Å². The minimum atomic E-state index is -0.651. The molecule has 0 atom stereocenters. The summed E-state index contributed by atoms with van der Waals surface area (Å²) in [5.74, 6) is -0.470. The van der Waals surface area contributed by atoms with E-state index in [1.165, 1.54) is 0 Å². The molecule has 1 heterocycles. The van der Waals surface area contributed by atoms with Gasteiger partial charge in [-0.15, -0.1) is 0 Å². The minimum Gasteiger partial charge on any atom is -0.399 e. The molecule has 0 saturated carbocycles. The van der Waals surface area contributed by atoms with Gasteiger partial charge in [0.1, 0.15) is 0 Å². The highest BCUT2D eigenvalue weighted by molar-refractivity contribution is 6.02. The highest BCUT2D eigenvalue weighted by Gasteiger charge is 2.40. The van der Waals surface area contributed by atoms with Crippen LogP contribution in [-0.4, -0.2) is 35.3 Å². The van der Waals surface area contributed by atoms with Crippen molar-refractivity contribution in [1.82, 2.24) is 10.2 Å². The first-order chi connectivity index (χ1) is 8.89. The van der Waals surface area contributed by atoms with Crippen LogP contribution in [0.15, 0.2) is 24.3 Å². The van der Waals surface area contributed by atoms with Gasteiger partial charge in [-0.3, -0.25) is 19.8 Å². The van der Waals surface area contributed by atoms with Crippen molar-refractivity contribution in [2.24, 2.45) is 0 Å². The molecule has 0 aliphatic carbocycles. The number of hydrogen-bond donors (Lipinski definition) is 2. The third kappa shape index (κ3) is 2.93. The van der Waals surface area contributed by atoms with Gasteiger partial charge in [0.25, 0.3) is 0 Å². The van der Waals surface area contributed by atoms with E-state index in [9.17, 15) is 9.59 Å². The van der Waals surface area contributed by atoms with Gasteiger partial charge in [-0.05, 0) is 38.0 Å². The lowest BCUT2D eigenvalue weighted by Gasteiger charge is -2.40. The third-order valence-electron chi connectivity index (χ3n) is 3.58. The molecule has 1 aromatic rings. The Bertz CT molecular complexity index is 494. The topological polar surface area (TPSA) is 75.4 Å². The van der Waals surface area contributed by atoms with Crippen LogP contribution < -0.4 is 11.1 Å². The maximum absolute atomic E-state index is 11.8. The molecule has 2 rings (SSSR count). The smallest absolute Gasteiger partial charge is 0.246 e. The Morgan fingerprint density at radius 3 is 2.53 bits per heavy atom. The second-order valence-corrected chi connectivity index (χ2v) is 5.35. The first-order valence-corrected chi connectivity index (χ1v) is 6.33. The van der Waals surface area contributed by atoms with E-state index in [2.05, 4.69) is 5.32 Å². The Morgan fingerprint density at radius 1 is 1.26 bits per heavy atom. The van der Waals surface area contributed by atoms with Crippen molar-refractivity contribution in [1.29, 1.82) is 0 Å². The summed E-state index contributed by atoms with van der Waals surface area (Å²) in [6.45, 7) is 4.58. The summed E-state index contributed by atoms with van der Waals surface area (Å²) in [7, 11) is 0. The molecule has 0 aromatic heterocycles. The third-order valence-corrected chi connectivity index (χ3v) is 3.58. The van der Waals surface area contributed by atoms with Crippen LogP contribution in [0.1, 0.15) is 19.4 Å². The molecule has 0 unspecified atom stereocenters. The van der Waals surface area contributed by atoms with Gasteiger partial charge < -0.3 is 5.73 Å². The molecule has 0 radical (unpaired) electrons. The number of imide groups is 1. The number of nitrogens with zero attached hydrogens (tertiary/aromatic N) is 1. The Balaban J connectivity index is 2.03. The van der Waals surface area contributed by atoms with Crippen molar-refractivity contribution in [3.05, 3.63) is 29.8 Å². The van der Waals surface area contributed by atoms with E-state index in [1.807, 2.05) is 43.0 Å². The van der Waals surface area contributed by atoms with E-state index >= 15 is 0 Å². The molecule has 0 bridgehead atoms. The Labute approximate surface area is 112 Å². The van der Waals surface area contributed by atoms with Crippen molar-refractivity contribution in [3.8, 4) is 0 Å². The highest BCUT2D eigenvalue weighted by Crippen LogP contribution is 2.18. The largest absolute Gasteiger partial charge is 0.399 e. The van der Waals surface area contributed by atoms with Gasteiger partial charge in [0, 0.05) is 12.2 Å². The molecule has 5 heteroatoms. The second kappa shape index (κ2) is 5.01. The number of carbonyl (C=O) groups excluding carboxylic acids is 2. The minimum absolute atomic E-state index is 0.235. The number of piperazine rings is 1. The lowest BCUT2D eigenvalue weighted by molar-refractivity contribution is -0.145. The molecule has 102 valence electrons. The van der Waals surface area contributed by atoms with Crippen molar-refractivity contribution in [3.63, 3.8) is 0 Å². The predicted octanol–water partition coefficient (Wildman–Crippen LogP) is 0.548. The van der Waals surface area contributed by atoms with Gasteiger partial charge >= 0.3 is 0 Å². The molecule has 3 N–H and O–H groups in total. The normalized spacial score (nSPS) is 19.3. The zero-order valence-corrected chi connectivity index (χ0v) is 11.3. The van der Waals surface area contributed by atoms with Gasteiger partial charge in [0.15, 0.2) is 0 Å². The number of nitrogens with two attached hydrogens (primary N) is 1. The van der Waals surface area contributed by atoms with Crippen LogP contribution in [0.2, 0.25) is 0 Å². The van der Waals surface area contributed by atoms with E-state index in [-0.39, 0.29) is 18.4 Å². The number of rotatable bonds is 3. The van der Waals surface area contributed by atoms with Gasteiger partial charge in [-0.25, -0.2) is 0 Å². The Kier molecular flexibility index (Phi) is 3.57. The molecule has 1 fully saturated rings. The van der Waals surface area contributed by atoms with E-state index in [1.54, 1.807) is 0 Å². The SMILES string of the molecule is CC1(C)C(=O)NC(=O)CN1CCc1ccc(N)cc1. The molecule has 19 heavy (non-hydrogen) atoms.